The normalized spacial score (nSPS) is 12.3. The van der Waals surface area contributed by atoms with E-state index in [1.165, 1.54) is 0 Å². The van der Waals surface area contributed by atoms with Crippen LogP contribution in [0.25, 0.3) is 10.9 Å². The Hall–Kier alpha value is -1.77. The fraction of sp³-hybridized carbons (Fsp3) is 0.118. The van der Waals surface area contributed by atoms with Gasteiger partial charge >= 0.3 is 0 Å². The van der Waals surface area contributed by atoms with E-state index in [0.29, 0.717) is 10.0 Å². The van der Waals surface area contributed by atoms with Gasteiger partial charge in [0, 0.05) is 27.3 Å². The number of aromatic nitrogens is 1. The molecular weight excluding hydrogens is 303 g/mol. The molecule has 1 N–H and O–H groups in total. The van der Waals surface area contributed by atoms with Gasteiger partial charge in [-0.1, -0.05) is 29.3 Å². The highest BCUT2D eigenvalue weighted by Gasteiger charge is 2.11. The summed E-state index contributed by atoms with van der Waals surface area (Å²) >= 11 is 12.3. The van der Waals surface area contributed by atoms with E-state index in [0.717, 1.165) is 22.2 Å². The van der Waals surface area contributed by atoms with E-state index in [1.54, 1.807) is 12.3 Å². The molecule has 106 valence electrons. The molecule has 0 aliphatic rings. The number of nitrogens with one attached hydrogen (secondary N) is 1. The highest BCUT2D eigenvalue weighted by molar-refractivity contribution is 6.33. The molecule has 0 spiro atoms. The number of rotatable bonds is 3. The second-order valence-electron chi connectivity index (χ2n) is 4.91. The Kier molecular flexibility index (Phi) is 4.00. The van der Waals surface area contributed by atoms with Crippen molar-refractivity contribution in [3.63, 3.8) is 0 Å². The molecule has 1 aromatic heterocycles. The lowest BCUT2D eigenvalue weighted by Crippen LogP contribution is -2.07. The Labute approximate surface area is 133 Å². The Morgan fingerprint density at radius 2 is 1.90 bits per heavy atom. The number of pyridine rings is 1. The Balaban J connectivity index is 1.96. The van der Waals surface area contributed by atoms with Crippen LogP contribution in [0.5, 0.6) is 0 Å². The van der Waals surface area contributed by atoms with Crippen LogP contribution in [-0.2, 0) is 0 Å². The molecule has 0 aliphatic carbocycles. The number of anilines is 1. The standard InChI is InChI=1S/C17H14Cl2N2/c1-11(14-10-12(18)7-8-15(14)19)21-17-6-2-5-16-13(17)4-3-9-20-16/h2-11,21H,1H3. The van der Waals surface area contributed by atoms with Gasteiger partial charge in [-0.05, 0) is 55.0 Å². The zero-order valence-electron chi connectivity index (χ0n) is 11.5. The van der Waals surface area contributed by atoms with Gasteiger partial charge in [0.15, 0.2) is 0 Å². The molecule has 1 heterocycles. The fourth-order valence-electron chi connectivity index (χ4n) is 2.39. The molecule has 4 heteroatoms. The van der Waals surface area contributed by atoms with Gasteiger partial charge < -0.3 is 5.32 Å². The molecule has 2 nitrogen and oxygen atoms in total. The van der Waals surface area contributed by atoms with E-state index in [4.69, 9.17) is 23.2 Å². The monoisotopic (exact) mass is 316 g/mol. The molecule has 1 atom stereocenters. The van der Waals surface area contributed by atoms with Crippen molar-refractivity contribution in [2.24, 2.45) is 0 Å². The highest BCUT2D eigenvalue weighted by Crippen LogP contribution is 2.30. The molecule has 0 saturated carbocycles. The summed E-state index contributed by atoms with van der Waals surface area (Å²) in [5.41, 5.74) is 2.97. The van der Waals surface area contributed by atoms with Gasteiger partial charge in [0.2, 0.25) is 0 Å². The number of nitrogens with zero attached hydrogens (tertiary/aromatic N) is 1. The van der Waals surface area contributed by atoms with Crippen molar-refractivity contribution in [1.82, 2.24) is 4.98 Å². The lowest BCUT2D eigenvalue weighted by atomic mass is 10.1. The fourth-order valence-corrected chi connectivity index (χ4v) is 2.85. The lowest BCUT2D eigenvalue weighted by molar-refractivity contribution is 0.887. The minimum Gasteiger partial charge on any atom is -0.378 e. The van der Waals surface area contributed by atoms with Crippen LogP contribution in [0.2, 0.25) is 10.0 Å². The van der Waals surface area contributed by atoms with Gasteiger partial charge in [-0.25, -0.2) is 0 Å². The molecule has 0 amide bonds. The zero-order chi connectivity index (χ0) is 14.8. The van der Waals surface area contributed by atoms with E-state index in [1.807, 2.05) is 36.4 Å². The minimum absolute atomic E-state index is 0.0435. The van der Waals surface area contributed by atoms with Crippen molar-refractivity contribution in [3.05, 3.63) is 70.3 Å². The maximum absolute atomic E-state index is 6.26. The first kappa shape index (κ1) is 14.2. The Morgan fingerprint density at radius 3 is 2.76 bits per heavy atom. The number of halogens is 2. The summed E-state index contributed by atoms with van der Waals surface area (Å²) in [7, 11) is 0. The average molecular weight is 317 g/mol. The van der Waals surface area contributed by atoms with E-state index in [2.05, 4.69) is 23.3 Å². The van der Waals surface area contributed by atoms with Crippen molar-refractivity contribution in [3.8, 4) is 0 Å². The van der Waals surface area contributed by atoms with Gasteiger partial charge in [0.25, 0.3) is 0 Å². The van der Waals surface area contributed by atoms with Crippen LogP contribution in [0.4, 0.5) is 5.69 Å². The van der Waals surface area contributed by atoms with E-state index >= 15 is 0 Å². The topological polar surface area (TPSA) is 24.9 Å². The first-order valence-corrected chi connectivity index (χ1v) is 7.46. The summed E-state index contributed by atoms with van der Waals surface area (Å²) in [4.78, 5) is 4.37. The molecule has 3 rings (SSSR count). The molecule has 3 aromatic rings. The third-order valence-corrected chi connectivity index (χ3v) is 4.02. The van der Waals surface area contributed by atoms with Gasteiger partial charge in [-0.15, -0.1) is 0 Å². The van der Waals surface area contributed by atoms with Gasteiger partial charge in [0.05, 0.1) is 11.6 Å². The summed E-state index contributed by atoms with van der Waals surface area (Å²) in [5, 5.41) is 5.96. The van der Waals surface area contributed by atoms with Crippen molar-refractivity contribution in [1.29, 1.82) is 0 Å². The van der Waals surface area contributed by atoms with Crippen LogP contribution in [-0.4, -0.2) is 4.98 Å². The van der Waals surface area contributed by atoms with E-state index in [-0.39, 0.29) is 6.04 Å². The summed E-state index contributed by atoms with van der Waals surface area (Å²) in [6.07, 6.45) is 1.80. The maximum atomic E-state index is 6.26. The van der Waals surface area contributed by atoms with Crippen molar-refractivity contribution < 1.29 is 0 Å². The van der Waals surface area contributed by atoms with Crippen molar-refractivity contribution in [2.75, 3.05) is 5.32 Å². The first-order valence-electron chi connectivity index (χ1n) is 6.70. The number of hydrogen-bond donors (Lipinski definition) is 1. The van der Waals surface area contributed by atoms with Gasteiger partial charge in [-0.3, -0.25) is 4.98 Å². The van der Waals surface area contributed by atoms with Crippen molar-refractivity contribution >= 4 is 39.8 Å². The summed E-state index contributed by atoms with van der Waals surface area (Å²) in [5.74, 6) is 0. The smallest absolute Gasteiger partial charge is 0.0722 e. The molecule has 21 heavy (non-hydrogen) atoms. The number of benzene rings is 2. The lowest BCUT2D eigenvalue weighted by Gasteiger charge is -2.18. The second-order valence-corrected chi connectivity index (χ2v) is 5.75. The Morgan fingerprint density at radius 1 is 1.05 bits per heavy atom. The van der Waals surface area contributed by atoms with E-state index < -0.39 is 0 Å². The van der Waals surface area contributed by atoms with Crippen molar-refractivity contribution in [2.45, 2.75) is 13.0 Å². The molecule has 0 fully saturated rings. The molecule has 0 saturated heterocycles. The van der Waals surface area contributed by atoms with Crippen LogP contribution in [0, 0.1) is 0 Å². The summed E-state index contributed by atoms with van der Waals surface area (Å²) in [6.45, 7) is 2.06. The van der Waals surface area contributed by atoms with Gasteiger partial charge in [-0.2, -0.15) is 0 Å². The van der Waals surface area contributed by atoms with Gasteiger partial charge in [0.1, 0.15) is 0 Å². The van der Waals surface area contributed by atoms with E-state index in [9.17, 15) is 0 Å². The molecule has 1 unspecified atom stereocenters. The SMILES string of the molecule is CC(Nc1cccc2ncccc12)c1cc(Cl)ccc1Cl. The number of hydrogen-bond acceptors (Lipinski definition) is 2. The summed E-state index contributed by atoms with van der Waals surface area (Å²) in [6, 6.07) is 15.6. The third-order valence-electron chi connectivity index (χ3n) is 3.44. The molecule has 2 aromatic carbocycles. The summed E-state index contributed by atoms with van der Waals surface area (Å²) < 4.78 is 0. The minimum atomic E-state index is 0.0435. The maximum Gasteiger partial charge on any atom is 0.0722 e. The first-order chi connectivity index (χ1) is 10.1. The average Bonchev–Trinajstić information content (AvgIpc) is 2.50. The van der Waals surface area contributed by atoms with Crippen LogP contribution in [0.3, 0.4) is 0 Å². The number of fused-ring (bicyclic) bond motifs is 1. The second kappa shape index (κ2) is 5.92. The van der Waals surface area contributed by atoms with Crippen LogP contribution < -0.4 is 5.32 Å². The quantitative estimate of drug-likeness (QED) is 0.669. The molecular formula is C17H14Cl2N2. The largest absolute Gasteiger partial charge is 0.378 e. The predicted molar refractivity (Wildman–Crippen MR) is 90.2 cm³/mol. The zero-order valence-corrected chi connectivity index (χ0v) is 13.0. The van der Waals surface area contributed by atoms with Crippen LogP contribution in [0.15, 0.2) is 54.7 Å². The molecule has 0 radical (unpaired) electrons. The predicted octanol–water partition coefficient (Wildman–Crippen LogP) is 5.71. The molecule has 0 bridgehead atoms. The third kappa shape index (κ3) is 2.97. The van der Waals surface area contributed by atoms with Crippen LogP contribution >= 0.6 is 23.2 Å². The van der Waals surface area contributed by atoms with Crippen LogP contribution in [0.1, 0.15) is 18.5 Å². The Bertz CT molecular complexity index is 781. The highest BCUT2D eigenvalue weighted by atomic mass is 35.5. The molecule has 0 aliphatic heterocycles.